The van der Waals surface area contributed by atoms with E-state index in [0.29, 0.717) is 18.0 Å². The minimum Gasteiger partial charge on any atom is -0.328 e. The van der Waals surface area contributed by atoms with Crippen LogP contribution in [0, 0.1) is 6.92 Å². The molecule has 1 saturated heterocycles. The normalized spacial score (nSPS) is 18.1. The Balaban J connectivity index is 0.00000180. The Bertz CT molecular complexity index is 543. The first-order valence-corrected chi connectivity index (χ1v) is 8.16. The number of hydrogen-bond acceptors (Lipinski definition) is 3. The number of aryl methyl sites for hydroxylation is 1. The highest BCUT2D eigenvalue weighted by Crippen LogP contribution is 2.24. The second-order valence-corrected chi connectivity index (χ2v) is 7.44. The maximum absolute atomic E-state index is 12.4. The average molecular weight is 370 g/mol. The number of nitrogens with two attached hydrogens (primary N) is 1. The van der Waals surface area contributed by atoms with Crippen molar-refractivity contribution in [3.63, 3.8) is 0 Å². The average Bonchev–Trinajstić information content (AvgIpc) is 2.33. The van der Waals surface area contributed by atoms with E-state index in [2.05, 4.69) is 15.9 Å². The number of halogens is 2. The number of nitrogens with zero attached hydrogens (tertiary/aromatic N) is 1. The predicted octanol–water partition coefficient (Wildman–Crippen LogP) is 2.29. The van der Waals surface area contributed by atoms with Crippen LogP contribution in [0.3, 0.4) is 0 Å². The number of hydrogen-bond donors (Lipinski definition) is 1. The quantitative estimate of drug-likeness (QED) is 0.870. The van der Waals surface area contributed by atoms with E-state index in [4.69, 9.17) is 5.73 Å². The van der Waals surface area contributed by atoms with Crippen molar-refractivity contribution in [1.82, 2.24) is 4.31 Å². The van der Waals surface area contributed by atoms with E-state index in [9.17, 15) is 8.42 Å². The van der Waals surface area contributed by atoms with Gasteiger partial charge in [0.05, 0.1) is 4.90 Å². The fraction of sp³-hybridized carbons (Fsp3) is 0.500. The molecule has 1 heterocycles. The van der Waals surface area contributed by atoms with Gasteiger partial charge in [0.1, 0.15) is 0 Å². The SMILES string of the molecule is Cc1cc(S(=O)(=O)N2CCC(N)CC2)ccc1Br.Cl. The largest absolute Gasteiger partial charge is 0.328 e. The van der Waals surface area contributed by atoms with Crippen LogP contribution in [0.15, 0.2) is 27.6 Å². The first-order valence-electron chi connectivity index (χ1n) is 5.93. The molecule has 0 radical (unpaired) electrons. The molecule has 0 amide bonds. The highest BCUT2D eigenvalue weighted by molar-refractivity contribution is 9.10. The lowest BCUT2D eigenvalue weighted by molar-refractivity contribution is 0.320. The molecule has 1 aliphatic rings. The van der Waals surface area contributed by atoms with Gasteiger partial charge in [-0.05, 0) is 43.5 Å². The number of piperidine rings is 1. The highest BCUT2D eigenvalue weighted by Gasteiger charge is 2.28. The molecule has 1 aromatic carbocycles. The molecule has 0 saturated carbocycles. The molecular formula is C12H18BrClN2O2S. The number of benzene rings is 1. The maximum atomic E-state index is 12.4. The predicted molar refractivity (Wildman–Crippen MR) is 82.1 cm³/mol. The van der Waals surface area contributed by atoms with Gasteiger partial charge in [-0.3, -0.25) is 0 Å². The van der Waals surface area contributed by atoms with Crippen molar-refractivity contribution in [2.24, 2.45) is 5.73 Å². The standard InChI is InChI=1S/C12H17BrN2O2S.ClH/c1-9-8-11(2-3-12(9)13)18(16,17)15-6-4-10(14)5-7-15;/h2-3,8,10H,4-7,14H2,1H3;1H. The summed E-state index contributed by atoms with van der Waals surface area (Å²) in [5.41, 5.74) is 6.72. The van der Waals surface area contributed by atoms with Gasteiger partial charge in [-0.25, -0.2) is 8.42 Å². The summed E-state index contributed by atoms with van der Waals surface area (Å²) in [5, 5.41) is 0. The Morgan fingerprint density at radius 2 is 1.89 bits per heavy atom. The first kappa shape index (κ1) is 16.9. The van der Waals surface area contributed by atoms with Crippen molar-refractivity contribution in [2.75, 3.05) is 13.1 Å². The van der Waals surface area contributed by atoms with E-state index in [1.165, 1.54) is 4.31 Å². The van der Waals surface area contributed by atoms with Crippen LogP contribution in [0.4, 0.5) is 0 Å². The highest BCUT2D eigenvalue weighted by atomic mass is 79.9. The van der Waals surface area contributed by atoms with Gasteiger partial charge >= 0.3 is 0 Å². The van der Waals surface area contributed by atoms with Gasteiger partial charge in [-0.15, -0.1) is 12.4 Å². The van der Waals surface area contributed by atoms with E-state index in [0.717, 1.165) is 22.9 Å². The van der Waals surface area contributed by atoms with Gasteiger partial charge < -0.3 is 5.73 Å². The van der Waals surface area contributed by atoms with E-state index in [1.807, 2.05) is 6.92 Å². The molecule has 0 spiro atoms. The van der Waals surface area contributed by atoms with Gasteiger partial charge in [0.25, 0.3) is 0 Å². The van der Waals surface area contributed by atoms with Crippen LogP contribution in [0.1, 0.15) is 18.4 Å². The maximum Gasteiger partial charge on any atom is 0.243 e. The van der Waals surface area contributed by atoms with Crippen LogP contribution in [-0.2, 0) is 10.0 Å². The summed E-state index contributed by atoms with van der Waals surface area (Å²) in [5.74, 6) is 0. The van der Waals surface area contributed by atoms with E-state index in [1.54, 1.807) is 18.2 Å². The molecule has 2 rings (SSSR count). The molecule has 1 aromatic rings. The van der Waals surface area contributed by atoms with Crippen molar-refractivity contribution in [1.29, 1.82) is 0 Å². The van der Waals surface area contributed by atoms with Gasteiger partial charge in [0.15, 0.2) is 0 Å². The third-order valence-electron chi connectivity index (χ3n) is 3.27. The molecule has 0 bridgehead atoms. The summed E-state index contributed by atoms with van der Waals surface area (Å²) < 4.78 is 27.3. The van der Waals surface area contributed by atoms with Crippen LogP contribution < -0.4 is 5.73 Å². The molecule has 0 aliphatic carbocycles. The van der Waals surface area contributed by atoms with Crippen LogP contribution in [0.5, 0.6) is 0 Å². The third-order valence-corrected chi connectivity index (χ3v) is 6.05. The van der Waals surface area contributed by atoms with Crippen LogP contribution in [0.2, 0.25) is 0 Å². The molecule has 4 nitrogen and oxygen atoms in total. The molecule has 0 aromatic heterocycles. The summed E-state index contributed by atoms with van der Waals surface area (Å²) >= 11 is 3.38. The van der Waals surface area contributed by atoms with Crippen molar-refractivity contribution < 1.29 is 8.42 Å². The Hall–Kier alpha value is -0.140. The Labute approximate surface area is 128 Å². The Morgan fingerprint density at radius 3 is 2.42 bits per heavy atom. The summed E-state index contributed by atoms with van der Waals surface area (Å²) in [6, 6.07) is 5.25. The van der Waals surface area contributed by atoms with Crippen molar-refractivity contribution in [3.05, 3.63) is 28.2 Å². The lowest BCUT2D eigenvalue weighted by atomic mass is 10.1. The number of sulfonamides is 1. The van der Waals surface area contributed by atoms with Crippen LogP contribution in [0.25, 0.3) is 0 Å². The topological polar surface area (TPSA) is 63.4 Å². The number of rotatable bonds is 2. The molecule has 1 aliphatic heterocycles. The first-order chi connectivity index (χ1) is 8.41. The molecule has 7 heteroatoms. The van der Waals surface area contributed by atoms with Crippen molar-refractivity contribution in [3.8, 4) is 0 Å². The van der Waals surface area contributed by atoms with E-state index in [-0.39, 0.29) is 18.4 Å². The molecule has 2 N–H and O–H groups in total. The zero-order valence-electron chi connectivity index (χ0n) is 10.7. The minimum atomic E-state index is -3.37. The van der Waals surface area contributed by atoms with Crippen molar-refractivity contribution >= 4 is 38.4 Å². The van der Waals surface area contributed by atoms with Crippen LogP contribution in [-0.4, -0.2) is 31.9 Å². The van der Waals surface area contributed by atoms with Gasteiger partial charge in [0.2, 0.25) is 10.0 Å². The summed E-state index contributed by atoms with van der Waals surface area (Å²) in [4.78, 5) is 0.360. The second-order valence-electron chi connectivity index (χ2n) is 4.65. The van der Waals surface area contributed by atoms with E-state index < -0.39 is 10.0 Å². The Morgan fingerprint density at radius 1 is 1.32 bits per heavy atom. The Kier molecular flexibility index (Phi) is 5.82. The third kappa shape index (κ3) is 3.70. The molecule has 0 atom stereocenters. The summed E-state index contributed by atoms with van der Waals surface area (Å²) in [6.45, 7) is 2.91. The summed E-state index contributed by atoms with van der Waals surface area (Å²) in [7, 11) is -3.37. The smallest absolute Gasteiger partial charge is 0.243 e. The minimum absolute atomic E-state index is 0. The van der Waals surface area contributed by atoms with Gasteiger partial charge in [-0.1, -0.05) is 15.9 Å². The molecule has 0 unspecified atom stereocenters. The lowest BCUT2D eigenvalue weighted by Crippen LogP contribution is -2.42. The molecule has 19 heavy (non-hydrogen) atoms. The molecular weight excluding hydrogens is 352 g/mol. The lowest BCUT2D eigenvalue weighted by Gasteiger charge is -2.29. The van der Waals surface area contributed by atoms with Crippen molar-refractivity contribution in [2.45, 2.75) is 30.7 Å². The summed E-state index contributed by atoms with van der Waals surface area (Å²) in [6.07, 6.45) is 1.46. The van der Waals surface area contributed by atoms with Gasteiger partial charge in [0, 0.05) is 23.6 Å². The second kappa shape index (κ2) is 6.54. The fourth-order valence-corrected chi connectivity index (χ4v) is 3.84. The van der Waals surface area contributed by atoms with E-state index >= 15 is 0 Å². The molecule has 108 valence electrons. The van der Waals surface area contributed by atoms with Gasteiger partial charge in [-0.2, -0.15) is 4.31 Å². The molecule has 1 fully saturated rings. The van der Waals surface area contributed by atoms with Crippen LogP contribution >= 0.6 is 28.3 Å². The zero-order chi connectivity index (χ0) is 13.3. The fourth-order valence-electron chi connectivity index (χ4n) is 2.04. The zero-order valence-corrected chi connectivity index (χ0v) is 13.9. The monoisotopic (exact) mass is 368 g/mol.